The van der Waals surface area contributed by atoms with Crippen LogP contribution in [0, 0.1) is 0 Å². The lowest BCUT2D eigenvalue weighted by Gasteiger charge is -2.25. The van der Waals surface area contributed by atoms with Crippen molar-refractivity contribution in [3.05, 3.63) is 29.3 Å². The van der Waals surface area contributed by atoms with Crippen LogP contribution in [-0.4, -0.2) is 12.8 Å². The van der Waals surface area contributed by atoms with Crippen LogP contribution in [0.4, 0.5) is 0 Å². The quantitative estimate of drug-likeness (QED) is 0.800. The molecular formula is C12H17NS. The number of nitrogens with one attached hydrogen (secondary N) is 1. The van der Waals surface area contributed by atoms with Crippen molar-refractivity contribution in [1.29, 1.82) is 0 Å². The zero-order valence-electron chi connectivity index (χ0n) is 8.84. The number of rotatable bonds is 2. The van der Waals surface area contributed by atoms with Crippen molar-refractivity contribution >= 4 is 11.8 Å². The van der Waals surface area contributed by atoms with Crippen LogP contribution < -0.4 is 5.32 Å². The van der Waals surface area contributed by atoms with Crippen molar-refractivity contribution in [2.45, 2.75) is 30.7 Å². The summed E-state index contributed by atoms with van der Waals surface area (Å²) in [5, 5.41) is 3.40. The highest BCUT2D eigenvalue weighted by molar-refractivity contribution is 7.99. The molecule has 0 aromatic heterocycles. The minimum Gasteiger partial charge on any atom is -0.313 e. The number of aryl methyl sites for hydroxylation is 1. The van der Waals surface area contributed by atoms with Crippen molar-refractivity contribution in [3.63, 3.8) is 0 Å². The highest BCUT2D eigenvalue weighted by Crippen LogP contribution is 2.36. The lowest BCUT2D eigenvalue weighted by Crippen LogP contribution is -2.20. The van der Waals surface area contributed by atoms with Gasteiger partial charge in [-0.2, -0.15) is 0 Å². The van der Waals surface area contributed by atoms with Crippen molar-refractivity contribution in [3.8, 4) is 0 Å². The Bertz CT molecular complexity index is 322. The van der Waals surface area contributed by atoms with Gasteiger partial charge in [-0.15, -0.1) is 11.8 Å². The molecule has 1 aromatic rings. The Morgan fingerprint density at radius 1 is 1.50 bits per heavy atom. The van der Waals surface area contributed by atoms with Gasteiger partial charge in [0.25, 0.3) is 0 Å². The zero-order chi connectivity index (χ0) is 9.97. The number of thioether (sulfide) groups is 1. The van der Waals surface area contributed by atoms with Gasteiger partial charge < -0.3 is 5.32 Å². The van der Waals surface area contributed by atoms with Gasteiger partial charge in [-0.1, -0.05) is 19.1 Å². The molecule has 0 saturated carbocycles. The van der Waals surface area contributed by atoms with Crippen LogP contribution >= 0.6 is 11.8 Å². The molecule has 1 aliphatic heterocycles. The summed E-state index contributed by atoms with van der Waals surface area (Å²) >= 11 is 1.99. The minimum absolute atomic E-state index is 0.567. The molecule has 0 radical (unpaired) electrons. The molecule has 1 aliphatic rings. The Balaban J connectivity index is 2.38. The van der Waals surface area contributed by atoms with Gasteiger partial charge in [0.2, 0.25) is 0 Å². The van der Waals surface area contributed by atoms with Gasteiger partial charge in [0.1, 0.15) is 0 Å². The van der Waals surface area contributed by atoms with Crippen LogP contribution in [0.15, 0.2) is 23.1 Å². The molecule has 1 atom stereocenters. The van der Waals surface area contributed by atoms with E-state index in [2.05, 4.69) is 37.5 Å². The molecule has 0 aliphatic carbocycles. The Morgan fingerprint density at radius 2 is 2.36 bits per heavy atom. The van der Waals surface area contributed by atoms with Gasteiger partial charge in [-0.25, -0.2) is 0 Å². The van der Waals surface area contributed by atoms with Crippen molar-refractivity contribution in [2.24, 2.45) is 0 Å². The third kappa shape index (κ3) is 1.82. The summed E-state index contributed by atoms with van der Waals surface area (Å²) in [4.78, 5) is 1.47. The highest BCUT2D eigenvalue weighted by Gasteiger charge is 2.18. The third-order valence-electron chi connectivity index (χ3n) is 2.87. The molecule has 0 saturated heterocycles. The maximum Gasteiger partial charge on any atom is 0.0336 e. The Kier molecular flexibility index (Phi) is 3.14. The van der Waals surface area contributed by atoms with E-state index in [0.29, 0.717) is 6.04 Å². The van der Waals surface area contributed by atoms with E-state index in [1.165, 1.54) is 28.2 Å². The fourth-order valence-electron chi connectivity index (χ4n) is 1.96. The van der Waals surface area contributed by atoms with Gasteiger partial charge in [0.15, 0.2) is 0 Å². The van der Waals surface area contributed by atoms with E-state index >= 15 is 0 Å². The second-order valence-electron chi connectivity index (χ2n) is 3.70. The highest BCUT2D eigenvalue weighted by atomic mass is 32.2. The van der Waals surface area contributed by atoms with Crippen LogP contribution in [0.25, 0.3) is 0 Å². The summed E-state index contributed by atoms with van der Waals surface area (Å²) < 4.78 is 0. The van der Waals surface area contributed by atoms with Crippen LogP contribution in [0.1, 0.15) is 30.5 Å². The summed E-state index contributed by atoms with van der Waals surface area (Å²) in [7, 11) is 2.06. The van der Waals surface area contributed by atoms with Gasteiger partial charge in [-0.05, 0) is 42.8 Å². The van der Waals surface area contributed by atoms with E-state index in [-0.39, 0.29) is 0 Å². The smallest absolute Gasteiger partial charge is 0.0336 e. The van der Waals surface area contributed by atoms with Crippen molar-refractivity contribution in [2.75, 3.05) is 12.8 Å². The van der Waals surface area contributed by atoms with Crippen LogP contribution in [0.3, 0.4) is 0 Å². The number of fused-ring (bicyclic) bond motifs is 1. The van der Waals surface area contributed by atoms with E-state index in [1.807, 2.05) is 11.8 Å². The molecule has 76 valence electrons. The molecule has 0 bridgehead atoms. The molecule has 0 fully saturated rings. The van der Waals surface area contributed by atoms with Gasteiger partial charge in [-0.3, -0.25) is 0 Å². The maximum absolute atomic E-state index is 3.40. The van der Waals surface area contributed by atoms with E-state index in [4.69, 9.17) is 0 Å². The molecule has 1 nitrogen and oxygen atoms in total. The van der Waals surface area contributed by atoms with Crippen molar-refractivity contribution < 1.29 is 0 Å². The summed E-state index contributed by atoms with van der Waals surface area (Å²) in [6.07, 6.45) is 2.38. The molecule has 14 heavy (non-hydrogen) atoms. The SMILES string of the molecule is CCc1ccc2c(c1)C(NC)CCS2. The molecule has 2 heteroatoms. The van der Waals surface area contributed by atoms with Crippen LogP contribution in [0.5, 0.6) is 0 Å². The minimum atomic E-state index is 0.567. The first kappa shape index (κ1) is 10.1. The fourth-order valence-corrected chi connectivity index (χ4v) is 3.07. The predicted molar refractivity (Wildman–Crippen MR) is 63.0 cm³/mol. The number of hydrogen-bond acceptors (Lipinski definition) is 2. The van der Waals surface area contributed by atoms with E-state index in [1.54, 1.807) is 0 Å². The van der Waals surface area contributed by atoms with Gasteiger partial charge in [0, 0.05) is 10.9 Å². The van der Waals surface area contributed by atoms with Gasteiger partial charge >= 0.3 is 0 Å². The second-order valence-corrected chi connectivity index (χ2v) is 4.84. The van der Waals surface area contributed by atoms with E-state index in [0.717, 1.165) is 6.42 Å². The molecule has 0 amide bonds. The standard InChI is InChI=1S/C12H17NS/c1-3-9-4-5-12-10(8-9)11(13-2)6-7-14-12/h4-5,8,11,13H,3,6-7H2,1-2H3. The maximum atomic E-state index is 3.40. The first-order valence-electron chi connectivity index (χ1n) is 5.28. The predicted octanol–water partition coefficient (Wildman–Crippen LogP) is 3.01. The Labute approximate surface area is 90.3 Å². The first-order valence-corrected chi connectivity index (χ1v) is 6.26. The summed E-state index contributed by atoms with van der Waals surface area (Å²) in [6.45, 7) is 2.21. The van der Waals surface area contributed by atoms with Crippen LogP contribution in [-0.2, 0) is 6.42 Å². The largest absolute Gasteiger partial charge is 0.313 e. The molecule has 1 aromatic carbocycles. The Hall–Kier alpha value is -0.470. The zero-order valence-corrected chi connectivity index (χ0v) is 9.66. The molecule has 2 rings (SSSR count). The lowest BCUT2D eigenvalue weighted by atomic mass is 10.0. The normalized spacial score (nSPS) is 20.6. The lowest BCUT2D eigenvalue weighted by molar-refractivity contribution is 0.564. The monoisotopic (exact) mass is 207 g/mol. The number of benzene rings is 1. The average molecular weight is 207 g/mol. The number of hydrogen-bond donors (Lipinski definition) is 1. The summed E-state index contributed by atoms with van der Waals surface area (Å²) in [5.41, 5.74) is 2.95. The van der Waals surface area contributed by atoms with E-state index < -0.39 is 0 Å². The topological polar surface area (TPSA) is 12.0 Å². The van der Waals surface area contributed by atoms with Crippen LogP contribution in [0.2, 0.25) is 0 Å². The Morgan fingerprint density at radius 3 is 3.07 bits per heavy atom. The molecule has 1 N–H and O–H groups in total. The first-order chi connectivity index (χ1) is 6.85. The van der Waals surface area contributed by atoms with Gasteiger partial charge in [0.05, 0.1) is 0 Å². The summed E-state index contributed by atoms with van der Waals surface area (Å²) in [5.74, 6) is 1.24. The summed E-state index contributed by atoms with van der Waals surface area (Å²) in [6, 6.07) is 7.47. The van der Waals surface area contributed by atoms with E-state index in [9.17, 15) is 0 Å². The molecule has 1 heterocycles. The molecule has 0 spiro atoms. The average Bonchev–Trinajstić information content (AvgIpc) is 2.27. The third-order valence-corrected chi connectivity index (χ3v) is 3.99. The molecular weight excluding hydrogens is 190 g/mol. The molecule has 1 unspecified atom stereocenters. The second kappa shape index (κ2) is 4.37. The fraction of sp³-hybridized carbons (Fsp3) is 0.500. The van der Waals surface area contributed by atoms with Crippen molar-refractivity contribution in [1.82, 2.24) is 5.32 Å².